The summed E-state index contributed by atoms with van der Waals surface area (Å²) in [7, 11) is 1.67. The van der Waals surface area contributed by atoms with Crippen LogP contribution in [0.25, 0.3) is 15.4 Å². The van der Waals surface area contributed by atoms with Gasteiger partial charge in [-0.25, -0.2) is 4.98 Å². The van der Waals surface area contributed by atoms with E-state index < -0.39 is 0 Å². The predicted octanol–water partition coefficient (Wildman–Crippen LogP) is 4.38. The van der Waals surface area contributed by atoms with Crippen LogP contribution in [0.5, 0.6) is 5.75 Å². The van der Waals surface area contributed by atoms with E-state index in [1.807, 2.05) is 41.1 Å². The van der Waals surface area contributed by atoms with E-state index in [0.29, 0.717) is 11.6 Å². The number of aromatic nitrogens is 2. The first-order valence-electron chi connectivity index (χ1n) is 9.14. The van der Waals surface area contributed by atoms with Crippen molar-refractivity contribution in [2.75, 3.05) is 13.7 Å². The summed E-state index contributed by atoms with van der Waals surface area (Å²) in [5, 5.41) is 3.05. The third kappa shape index (κ3) is 3.60. The van der Waals surface area contributed by atoms with E-state index in [-0.39, 0.29) is 5.91 Å². The molecular formula is C20H23N3O2S. The molecule has 2 heterocycles. The fourth-order valence-corrected chi connectivity index (χ4v) is 4.50. The number of benzene rings is 1. The zero-order valence-electron chi connectivity index (χ0n) is 14.9. The van der Waals surface area contributed by atoms with Crippen molar-refractivity contribution >= 4 is 22.2 Å². The fraction of sp³-hybridized carbons (Fsp3) is 0.400. The van der Waals surface area contributed by atoms with Crippen LogP contribution in [-0.4, -0.2) is 28.9 Å². The molecule has 0 spiro atoms. The average Bonchev–Trinajstić information content (AvgIpc) is 3.26. The Kier molecular flexibility index (Phi) is 4.93. The molecule has 1 saturated carbocycles. The molecule has 1 fully saturated rings. The Morgan fingerprint density at radius 2 is 2.15 bits per heavy atom. The predicted molar refractivity (Wildman–Crippen MR) is 104 cm³/mol. The van der Waals surface area contributed by atoms with Crippen LogP contribution in [0.4, 0.5) is 0 Å². The lowest BCUT2D eigenvalue weighted by Gasteiger charge is -2.21. The van der Waals surface area contributed by atoms with Crippen LogP contribution in [0.1, 0.15) is 42.6 Å². The Morgan fingerprint density at radius 3 is 2.92 bits per heavy atom. The lowest BCUT2D eigenvalue weighted by Crippen LogP contribution is -2.30. The molecule has 1 aliphatic rings. The van der Waals surface area contributed by atoms with Crippen molar-refractivity contribution in [3.8, 4) is 16.2 Å². The van der Waals surface area contributed by atoms with Gasteiger partial charge in [0.15, 0.2) is 4.96 Å². The van der Waals surface area contributed by atoms with Crippen molar-refractivity contribution < 1.29 is 9.53 Å². The van der Waals surface area contributed by atoms with Gasteiger partial charge in [0.05, 0.1) is 12.0 Å². The van der Waals surface area contributed by atoms with Gasteiger partial charge < -0.3 is 10.1 Å². The van der Waals surface area contributed by atoms with Crippen LogP contribution >= 0.6 is 11.3 Å². The summed E-state index contributed by atoms with van der Waals surface area (Å²) in [5.74, 6) is 1.38. The molecule has 26 heavy (non-hydrogen) atoms. The molecule has 1 aromatic carbocycles. The molecule has 1 amide bonds. The molecule has 136 valence electrons. The number of nitrogens with zero attached hydrogens (tertiary/aromatic N) is 2. The minimum atomic E-state index is -0.0746. The van der Waals surface area contributed by atoms with Crippen molar-refractivity contribution in [3.05, 3.63) is 42.4 Å². The van der Waals surface area contributed by atoms with Gasteiger partial charge in [0.1, 0.15) is 11.4 Å². The molecule has 1 N–H and O–H groups in total. The monoisotopic (exact) mass is 369 g/mol. The molecule has 1 aliphatic carbocycles. The minimum Gasteiger partial charge on any atom is -0.497 e. The van der Waals surface area contributed by atoms with E-state index in [0.717, 1.165) is 27.7 Å². The topological polar surface area (TPSA) is 55.6 Å². The Hall–Kier alpha value is -2.34. The second-order valence-electron chi connectivity index (χ2n) is 6.86. The van der Waals surface area contributed by atoms with E-state index in [2.05, 4.69) is 10.3 Å². The maximum Gasteiger partial charge on any atom is 0.271 e. The van der Waals surface area contributed by atoms with Crippen LogP contribution < -0.4 is 10.1 Å². The SMILES string of the molecule is COc1cccc(-c2cn3cc(C(=O)NCC4CCCCC4)nc3s2)c1. The van der Waals surface area contributed by atoms with E-state index >= 15 is 0 Å². The zero-order valence-corrected chi connectivity index (χ0v) is 15.7. The molecular weight excluding hydrogens is 346 g/mol. The molecule has 0 bridgehead atoms. The molecule has 0 saturated heterocycles. The van der Waals surface area contributed by atoms with Gasteiger partial charge in [0.25, 0.3) is 5.91 Å². The first-order chi connectivity index (χ1) is 12.7. The van der Waals surface area contributed by atoms with Crippen LogP contribution in [0.3, 0.4) is 0 Å². The van der Waals surface area contributed by atoms with E-state index in [4.69, 9.17) is 4.74 Å². The van der Waals surface area contributed by atoms with Crippen molar-refractivity contribution in [2.45, 2.75) is 32.1 Å². The normalized spacial score (nSPS) is 15.3. The smallest absolute Gasteiger partial charge is 0.271 e. The average molecular weight is 369 g/mol. The number of thiazole rings is 1. The van der Waals surface area contributed by atoms with Crippen LogP contribution in [0.15, 0.2) is 36.7 Å². The lowest BCUT2D eigenvalue weighted by atomic mass is 9.89. The largest absolute Gasteiger partial charge is 0.497 e. The van der Waals surface area contributed by atoms with Crippen LogP contribution in [0.2, 0.25) is 0 Å². The van der Waals surface area contributed by atoms with Crippen molar-refractivity contribution in [2.24, 2.45) is 5.92 Å². The third-order valence-electron chi connectivity index (χ3n) is 5.02. The van der Waals surface area contributed by atoms with Gasteiger partial charge in [-0.1, -0.05) is 42.7 Å². The number of hydrogen-bond donors (Lipinski definition) is 1. The number of ether oxygens (including phenoxy) is 1. The molecule has 2 aromatic heterocycles. The van der Waals surface area contributed by atoms with Gasteiger partial charge in [-0.05, 0) is 36.5 Å². The minimum absolute atomic E-state index is 0.0746. The van der Waals surface area contributed by atoms with Gasteiger partial charge in [-0.2, -0.15) is 0 Å². The van der Waals surface area contributed by atoms with Gasteiger partial charge in [0.2, 0.25) is 0 Å². The Labute approximate surface area is 157 Å². The number of carbonyl (C=O) groups is 1. The number of carbonyl (C=O) groups excluding carboxylic acids is 1. The second kappa shape index (κ2) is 7.50. The number of methoxy groups -OCH3 is 1. The Morgan fingerprint density at radius 1 is 1.31 bits per heavy atom. The van der Waals surface area contributed by atoms with Gasteiger partial charge in [0, 0.05) is 18.9 Å². The summed E-state index contributed by atoms with van der Waals surface area (Å²) in [5.41, 5.74) is 1.58. The van der Waals surface area contributed by atoms with Gasteiger partial charge in [-0.15, -0.1) is 0 Å². The number of nitrogens with one attached hydrogen (secondary N) is 1. The van der Waals surface area contributed by atoms with Gasteiger partial charge in [-0.3, -0.25) is 9.20 Å². The third-order valence-corrected chi connectivity index (χ3v) is 6.06. The molecule has 4 rings (SSSR count). The maximum absolute atomic E-state index is 12.4. The van der Waals surface area contributed by atoms with Crippen molar-refractivity contribution in [1.29, 1.82) is 0 Å². The Balaban J connectivity index is 1.46. The highest BCUT2D eigenvalue weighted by molar-refractivity contribution is 7.20. The molecule has 3 aromatic rings. The molecule has 0 atom stereocenters. The number of imidazole rings is 1. The number of fused-ring (bicyclic) bond motifs is 1. The first kappa shape index (κ1) is 17.1. The summed E-state index contributed by atoms with van der Waals surface area (Å²) in [6, 6.07) is 7.95. The van der Waals surface area contributed by atoms with Crippen LogP contribution in [-0.2, 0) is 0 Å². The summed E-state index contributed by atoms with van der Waals surface area (Å²) >= 11 is 1.57. The number of rotatable bonds is 5. The summed E-state index contributed by atoms with van der Waals surface area (Å²) in [6.45, 7) is 0.763. The van der Waals surface area contributed by atoms with E-state index in [1.165, 1.54) is 32.1 Å². The standard InChI is InChI=1S/C20H23N3O2S/c1-25-16-9-5-8-15(10-16)18-13-23-12-17(22-20(23)26-18)19(24)21-11-14-6-3-2-4-7-14/h5,8-10,12-14H,2-4,6-7,11H2,1H3,(H,21,24). The second-order valence-corrected chi connectivity index (χ2v) is 7.87. The maximum atomic E-state index is 12.4. The van der Waals surface area contributed by atoms with Crippen molar-refractivity contribution in [1.82, 2.24) is 14.7 Å². The highest BCUT2D eigenvalue weighted by Crippen LogP contribution is 2.30. The number of hydrogen-bond acceptors (Lipinski definition) is 4. The van der Waals surface area contributed by atoms with E-state index in [1.54, 1.807) is 18.4 Å². The lowest BCUT2D eigenvalue weighted by molar-refractivity contribution is 0.0939. The van der Waals surface area contributed by atoms with E-state index in [9.17, 15) is 4.79 Å². The van der Waals surface area contributed by atoms with Crippen LogP contribution in [0, 0.1) is 5.92 Å². The molecule has 0 unspecified atom stereocenters. The molecule has 5 nitrogen and oxygen atoms in total. The van der Waals surface area contributed by atoms with Gasteiger partial charge >= 0.3 is 0 Å². The van der Waals surface area contributed by atoms with Crippen molar-refractivity contribution in [3.63, 3.8) is 0 Å². The summed E-state index contributed by atoms with van der Waals surface area (Å²) in [4.78, 5) is 18.8. The summed E-state index contributed by atoms with van der Waals surface area (Å²) in [6.07, 6.45) is 10.2. The zero-order chi connectivity index (χ0) is 17.9. The first-order valence-corrected chi connectivity index (χ1v) is 9.96. The molecule has 6 heteroatoms. The number of amides is 1. The highest BCUT2D eigenvalue weighted by Gasteiger charge is 2.17. The summed E-state index contributed by atoms with van der Waals surface area (Å²) < 4.78 is 7.21. The highest BCUT2D eigenvalue weighted by atomic mass is 32.1. The Bertz CT molecular complexity index is 877. The quantitative estimate of drug-likeness (QED) is 0.726. The fourth-order valence-electron chi connectivity index (χ4n) is 3.53. The molecule has 0 radical (unpaired) electrons. The molecule has 0 aliphatic heterocycles.